The summed E-state index contributed by atoms with van der Waals surface area (Å²) in [6.07, 6.45) is 0. The lowest BCUT2D eigenvalue weighted by atomic mass is 10.1. The molecule has 3 aromatic carbocycles. The van der Waals surface area contributed by atoms with Gasteiger partial charge >= 0.3 is 5.97 Å². The van der Waals surface area contributed by atoms with E-state index >= 15 is 0 Å². The van der Waals surface area contributed by atoms with Gasteiger partial charge in [-0.2, -0.15) is 0 Å². The molecule has 0 aliphatic carbocycles. The molecule has 29 heavy (non-hydrogen) atoms. The topological polar surface area (TPSA) is 69.6 Å². The van der Waals surface area contributed by atoms with Crippen LogP contribution < -0.4 is 10.2 Å². The van der Waals surface area contributed by atoms with Crippen molar-refractivity contribution in [2.24, 2.45) is 0 Å². The highest BCUT2D eigenvalue weighted by atomic mass is 35.5. The molecule has 3 rings (SSSR count). The molecule has 0 aliphatic heterocycles. The van der Waals surface area contributed by atoms with Crippen LogP contribution in [0.15, 0.2) is 72.8 Å². The summed E-state index contributed by atoms with van der Waals surface area (Å²) in [6.45, 7) is 3.21. The third-order valence-electron chi connectivity index (χ3n) is 4.53. The van der Waals surface area contributed by atoms with Gasteiger partial charge in [-0.05, 0) is 55.0 Å². The molecule has 0 radical (unpaired) electrons. The van der Waals surface area contributed by atoms with E-state index < -0.39 is 5.97 Å². The van der Waals surface area contributed by atoms with E-state index in [4.69, 9.17) is 11.6 Å². The molecule has 2 N–H and O–H groups in total. The van der Waals surface area contributed by atoms with Gasteiger partial charge < -0.3 is 15.3 Å². The lowest BCUT2D eigenvalue weighted by Crippen LogP contribution is -2.24. The van der Waals surface area contributed by atoms with Gasteiger partial charge in [-0.15, -0.1) is 0 Å². The largest absolute Gasteiger partial charge is 0.478 e. The summed E-state index contributed by atoms with van der Waals surface area (Å²) in [7, 11) is 0. The van der Waals surface area contributed by atoms with Gasteiger partial charge in [0.1, 0.15) is 0 Å². The molecule has 0 spiro atoms. The number of carboxylic acid groups (broad SMARTS) is 1. The zero-order valence-electron chi connectivity index (χ0n) is 15.9. The van der Waals surface area contributed by atoms with Crippen LogP contribution in [-0.2, 0) is 6.54 Å². The van der Waals surface area contributed by atoms with Crippen LogP contribution in [0.5, 0.6) is 0 Å². The predicted octanol–water partition coefficient (Wildman–Crippen LogP) is 5.32. The third-order valence-corrected chi connectivity index (χ3v) is 4.78. The Bertz CT molecular complexity index is 1000. The fraction of sp³-hybridized carbons (Fsp3) is 0.130. The maximum absolute atomic E-state index is 12.4. The van der Waals surface area contributed by atoms with Gasteiger partial charge in [-0.1, -0.05) is 41.9 Å². The molecule has 0 saturated carbocycles. The average Bonchev–Trinajstić information content (AvgIpc) is 2.73. The van der Waals surface area contributed by atoms with Crippen LogP contribution in [0.4, 0.5) is 11.4 Å². The Hall–Kier alpha value is -3.31. The summed E-state index contributed by atoms with van der Waals surface area (Å²) in [5, 5.41) is 13.0. The van der Waals surface area contributed by atoms with Crippen molar-refractivity contribution >= 4 is 34.9 Å². The van der Waals surface area contributed by atoms with Crippen molar-refractivity contribution in [3.63, 3.8) is 0 Å². The minimum atomic E-state index is -1.05. The molecule has 0 aliphatic rings. The predicted molar refractivity (Wildman–Crippen MR) is 116 cm³/mol. The van der Waals surface area contributed by atoms with Crippen LogP contribution in [0.1, 0.15) is 33.2 Å². The molecule has 0 atom stereocenters. The molecule has 0 aromatic heterocycles. The number of hydrogen-bond donors (Lipinski definition) is 2. The Morgan fingerprint density at radius 1 is 1.00 bits per heavy atom. The van der Waals surface area contributed by atoms with Gasteiger partial charge in [0.15, 0.2) is 0 Å². The summed E-state index contributed by atoms with van der Waals surface area (Å²) < 4.78 is 0. The normalized spacial score (nSPS) is 10.4. The fourth-order valence-corrected chi connectivity index (χ4v) is 3.16. The second kappa shape index (κ2) is 9.26. The van der Waals surface area contributed by atoms with Gasteiger partial charge in [-0.3, -0.25) is 4.79 Å². The molecule has 5 nitrogen and oxygen atoms in total. The lowest BCUT2D eigenvalue weighted by Gasteiger charge is -2.25. The van der Waals surface area contributed by atoms with Crippen LogP contribution in [0, 0.1) is 0 Å². The molecule has 1 amide bonds. The first-order valence-corrected chi connectivity index (χ1v) is 9.59. The van der Waals surface area contributed by atoms with E-state index in [1.165, 1.54) is 6.07 Å². The van der Waals surface area contributed by atoms with Crippen LogP contribution in [0.3, 0.4) is 0 Å². The van der Waals surface area contributed by atoms with Crippen LogP contribution in [-0.4, -0.2) is 23.5 Å². The number of carboxylic acids is 1. The molecule has 6 heteroatoms. The number of anilines is 2. The standard InChI is InChI=1S/C23H21ClN2O3/c1-2-26(15-16-6-4-3-5-7-16)21-13-12-19(14-20(21)23(28)29)25-22(27)17-8-10-18(24)11-9-17/h3-14H,2,15H2,1H3,(H,25,27)(H,28,29). The minimum absolute atomic E-state index is 0.136. The van der Waals surface area contributed by atoms with Gasteiger partial charge in [0, 0.05) is 29.4 Å². The smallest absolute Gasteiger partial charge is 0.337 e. The fourth-order valence-electron chi connectivity index (χ4n) is 3.04. The SMILES string of the molecule is CCN(Cc1ccccc1)c1ccc(NC(=O)c2ccc(Cl)cc2)cc1C(=O)O. The zero-order chi connectivity index (χ0) is 20.8. The number of rotatable bonds is 7. The Balaban J connectivity index is 1.85. The summed E-state index contributed by atoms with van der Waals surface area (Å²) >= 11 is 5.85. The molecule has 0 fully saturated rings. The number of halogens is 1. The molecular formula is C23H21ClN2O3. The lowest BCUT2D eigenvalue weighted by molar-refractivity contribution is 0.0697. The number of carbonyl (C=O) groups excluding carboxylic acids is 1. The van der Waals surface area contributed by atoms with Crippen molar-refractivity contribution in [2.45, 2.75) is 13.5 Å². The number of hydrogen-bond acceptors (Lipinski definition) is 3. The number of carbonyl (C=O) groups is 2. The van der Waals surface area contributed by atoms with E-state index in [2.05, 4.69) is 5.32 Å². The van der Waals surface area contributed by atoms with Gasteiger partial charge in [-0.25, -0.2) is 4.79 Å². The second-order valence-electron chi connectivity index (χ2n) is 6.50. The maximum Gasteiger partial charge on any atom is 0.337 e. The summed E-state index contributed by atoms with van der Waals surface area (Å²) in [4.78, 5) is 26.3. The second-order valence-corrected chi connectivity index (χ2v) is 6.93. The molecular weight excluding hydrogens is 388 g/mol. The first-order chi connectivity index (χ1) is 14.0. The average molecular weight is 409 g/mol. The van der Waals surface area contributed by atoms with E-state index in [-0.39, 0.29) is 11.5 Å². The highest BCUT2D eigenvalue weighted by Gasteiger charge is 2.17. The van der Waals surface area contributed by atoms with Crippen LogP contribution >= 0.6 is 11.6 Å². The molecule has 0 heterocycles. The monoisotopic (exact) mass is 408 g/mol. The molecule has 3 aromatic rings. The van der Waals surface area contributed by atoms with Crippen molar-refractivity contribution < 1.29 is 14.7 Å². The maximum atomic E-state index is 12.4. The van der Waals surface area contributed by atoms with Crippen molar-refractivity contribution in [1.29, 1.82) is 0 Å². The van der Waals surface area contributed by atoms with Crippen molar-refractivity contribution in [3.8, 4) is 0 Å². The minimum Gasteiger partial charge on any atom is -0.478 e. The number of nitrogens with one attached hydrogen (secondary N) is 1. The van der Waals surface area contributed by atoms with Crippen LogP contribution in [0.2, 0.25) is 5.02 Å². The third kappa shape index (κ3) is 5.15. The van der Waals surface area contributed by atoms with Gasteiger partial charge in [0.05, 0.1) is 11.3 Å². The Labute approximate surface area is 174 Å². The Kier molecular flexibility index (Phi) is 6.52. The highest BCUT2D eigenvalue weighted by molar-refractivity contribution is 6.30. The summed E-state index contributed by atoms with van der Waals surface area (Å²) in [5.41, 5.74) is 2.69. The summed E-state index contributed by atoms with van der Waals surface area (Å²) in [5.74, 6) is -1.38. The van der Waals surface area contributed by atoms with Crippen molar-refractivity contribution in [1.82, 2.24) is 0 Å². The quantitative estimate of drug-likeness (QED) is 0.555. The molecule has 0 bridgehead atoms. The Morgan fingerprint density at radius 3 is 2.31 bits per heavy atom. The van der Waals surface area contributed by atoms with Gasteiger partial charge in [0.25, 0.3) is 5.91 Å². The van der Waals surface area contributed by atoms with E-state index in [1.807, 2.05) is 42.2 Å². The van der Waals surface area contributed by atoms with Crippen molar-refractivity contribution in [2.75, 3.05) is 16.8 Å². The number of aromatic carboxylic acids is 1. The highest BCUT2D eigenvalue weighted by Crippen LogP contribution is 2.26. The van der Waals surface area contributed by atoms with Crippen LogP contribution in [0.25, 0.3) is 0 Å². The number of benzene rings is 3. The van der Waals surface area contributed by atoms with Gasteiger partial charge in [0.2, 0.25) is 0 Å². The van der Waals surface area contributed by atoms with E-state index in [1.54, 1.807) is 36.4 Å². The Morgan fingerprint density at radius 2 is 1.69 bits per heavy atom. The zero-order valence-corrected chi connectivity index (χ0v) is 16.7. The van der Waals surface area contributed by atoms with E-state index in [9.17, 15) is 14.7 Å². The summed E-state index contributed by atoms with van der Waals surface area (Å²) in [6, 6.07) is 21.3. The molecule has 0 unspecified atom stereocenters. The number of nitrogens with zero attached hydrogens (tertiary/aromatic N) is 1. The van der Waals surface area contributed by atoms with E-state index in [0.29, 0.717) is 35.1 Å². The van der Waals surface area contributed by atoms with E-state index in [0.717, 1.165) is 5.56 Å². The first-order valence-electron chi connectivity index (χ1n) is 9.21. The molecule has 148 valence electrons. The van der Waals surface area contributed by atoms with Crippen molar-refractivity contribution in [3.05, 3.63) is 94.5 Å². The first kappa shape index (κ1) is 20.4. The molecule has 0 saturated heterocycles. The number of amides is 1.